The molecule has 0 saturated heterocycles. The summed E-state index contributed by atoms with van der Waals surface area (Å²) in [6.45, 7) is 0. The number of fused-ring (bicyclic) bond motifs is 2. The molecule has 0 bridgehead atoms. The molecule has 0 aliphatic carbocycles. The fourth-order valence-corrected chi connectivity index (χ4v) is 2.73. The number of pyridine rings is 1. The molecule has 24 heavy (non-hydrogen) atoms. The van der Waals surface area contributed by atoms with Gasteiger partial charge in [0, 0.05) is 56.2 Å². The number of benzene rings is 2. The van der Waals surface area contributed by atoms with Crippen LogP contribution in [0.1, 0.15) is 0 Å². The Morgan fingerprint density at radius 1 is 0.792 bits per heavy atom. The second-order valence-electron chi connectivity index (χ2n) is 5.27. The molecular formula is C19H15IrN4-. The predicted octanol–water partition coefficient (Wildman–Crippen LogP) is 3.83. The van der Waals surface area contributed by atoms with Crippen molar-refractivity contribution in [1.82, 2.24) is 19.1 Å². The minimum Gasteiger partial charge on any atom is -0.404 e. The van der Waals surface area contributed by atoms with Gasteiger partial charge in [0.15, 0.2) is 0 Å². The van der Waals surface area contributed by atoms with Gasteiger partial charge in [-0.2, -0.15) is 0 Å². The number of hydrogen-bond acceptors (Lipinski definition) is 2. The van der Waals surface area contributed by atoms with E-state index in [-0.39, 0.29) is 20.1 Å². The van der Waals surface area contributed by atoms with Crippen molar-refractivity contribution in [1.29, 1.82) is 0 Å². The molecule has 1 radical (unpaired) electrons. The first kappa shape index (κ1) is 16.4. The van der Waals surface area contributed by atoms with Crippen LogP contribution in [0.4, 0.5) is 0 Å². The zero-order valence-electron chi connectivity index (χ0n) is 13.1. The maximum absolute atomic E-state index is 4.55. The zero-order chi connectivity index (χ0) is 15.6. The summed E-state index contributed by atoms with van der Waals surface area (Å²) < 4.78 is 4.03. The Labute approximate surface area is 153 Å². The molecule has 0 fully saturated rings. The summed E-state index contributed by atoms with van der Waals surface area (Å²) in [4.78, 5) is 8.99. The fraction of sp³-hybridized carbons (Fsp3) is 0.0526. The normalized spacial score (nSPS) is 10.4. The van der Waals surface area contributed by atoms with E-state index in [9.17, 15) is 0 Å². The van der Waals surface area contributed by atoms with Crippen molar-refractivity contribution >= 4 is 22.1 Å². The van der Waals surface area contributed by atoms with Crippen molar-refractivity contribution in [2.24, 2.45) is 7.05 Å². The van der Waals surface area contributed by atoms with Crippen molar-refractivity contribution in [3.05, 3.63) is 79.3 Å². The quantitative estimate of drug-likeness (QED) is 0.380. The van der Waals surface area contributed by atoms with Gasteiger partial charge in [0.1, 0.15) is 0 Å². The van der Waals surface area contributed by atoms with Crippen LogP contribution in [0.3, 0.4) is 0 Å². The van der Waals surface area contributed by atoms with Gasteiger partial charge in [0.2, 0.25) is 0 Å². The third-order valence-electron chi connectivity index (χ3n) is 3.88. The molecule has 2 heterocycles. The maximum atomic E-state index is 4.55. The SMILES string of the molecule is Cn1c2ccccc2n[c-]n(-c2ccccn2)c2ccccc21.[Ir]. The summed E-state index contributed by atoms with van der Waals surface area (Å²) in [6, 6.07) is 22.1. The van der Waals surface area contributed by atoms with E-state index in [2.05, 4.69) is 46.1 Å². The van der Waals surface area contributed by atoms with Gasteiger partial charge in [0.05, 0.1) is 5.82 Å². The van der Waals surface area contributed by atoms with Crippen LogP contribution in [-0.4, -0.2) is 19.1 Å². The summed E-state index contributed by atoms with van der Waals surface area (Å²) in [6.07, 6.45) is 4.91. The second-order valence-corrected chi connectivity index (χ2v) is 5.27. The summed E-state index contributed by atoms with van der Waals surface area (Å²) >= 11 is 0. The molecule has 121 valence electrons. The smallest absolute Gasteiger partial charge is 0.0558 e. The second kappa shape index (κ2) is 6.95. The molecule has 0 aliphatic heterocycles. The van der Waals surface area contributed by atoms with Crippen molar-refractivity contribution in [3.8, 4) is 5.82 Å². The van der Waals surface area contributed by atoms with Gasteiger partial charge < -0.3 is 14.1 Å². The van der Waals surface area contributed by atoms with Crippen LogP contribution in [0, 0.1) is 6.33 Å². The van der Waals surface area contributed by atoms with E-state index >= 15 is 0 Å². The summed E-state index contributed by atoms with van der Waals surface area (Å²) in [5.74, 6) is 0.788. The molecule has 0 saturated carbocycles. The van der Waals surface area contributed by atoms with E-state index in [1.165, 1.54) is 0 Å². The standard InChI is InChI=1S/C19H15N4.Ir/c1-22-16-9-3-2-8-15(16)21-14-23(19-12-6-7-13-20-19)18-11-5-4-10-17(18)22;/h2-13H,1H3;/q-1;. The van der Waals surface area contributed by atoms with Gasteiger partial charge in [0.25, 0.3) is 0 Å². The third-order valence-corrected chi connectivity index (χ3v) is 3.88. The maximum Gasteiger partial charge on any atom is 0.0558 e. The first-order valence-corrected chi connectivity index (χ1v) is 7.44. The summed E-state index contributed by atoms with van der Waals surface area (Å²) in [5.41, 5.74) is 4.00. The summed E-state index contributed by atoms with van der Waals surface area (Å²) in [7, 11) is 2.05. The molecule has 4 aromatic rings. The number of rotatable bonds is 1. The fourth-order valence-electron chi connectivity index (χ4n) is 2.73. The molecule has 0 atom stereocenters. The van der Waals surface area contributed by atoms with Crippen molar-refractivity contribution in [2.75, 3.05) is 0 Å². The van der Waals surface area contributed by atoms with Gasteiger partial charge in [-0.25, -0.2) is 0 Å². The molecule has 0 aliphatic rings. The van der Waals surface area contributed by atoms with Crippen molar-refractivity contribution in [2.45, 2.75) is 0 Å². The first-order chi connectivity index (χ1) is 11.3. The molecule has 0 N–H and O–H groups in total. The van der Waals surface area contributed by atoms with Crippen LogP contribution in [0.25, 0.3) is 27.9 Å². The topological polar surface area (TPSA) is 35.6 Å². The Bertz CT molecular complexity index is 1030. The van der Waals surface area contributed by atoms with E-state index in [1.54, 1.807) is 6.20 Å². The Morgan fingerprint density at radius 2 is 1.46 bits per heavy atom. The van der Waals surface area contributed by atoms with Gasteiger partial charge >= 0.3 is 0 Å². The van der Waals surface area contributed by atoms with E-state index < -0.39 is 0 Å². The zero-order valence-corrected chi connectivity index (χ0v) is 15.4. The van der Waals surface area contributed by atoms with Crippen LogP contribution < -0.4 is 0 Å². The molecule has 0 unspecified atom stereocenters. The molecule has 4 nitrogen and oxygen atoms in total. The third kappa shape index (κ3) is 2.84. The number of nitrogens with zero attached hydrogens (tertiary/aromatic N) is 4. The predicted molar refractivity (Wildman–Crippen MR) is 91.8 cm³/mol. The molecule has 2 aromatic heterocycles. The molecule has 2 aromatic carbocycles. The largest absolute Gasteiger partial charge is 0.404 e. The molecule has 5 heteroatoms. The van der Waals surface area contributed by atoms with Gasteiger partial charge in [-0.05, 0) is 23.7 Å². The minimum atomic E-state index is 0. The first-order valence-electron chi connectivity index (χ1n) is 7.44. The monoisotopic (exact) mass is 492 g/mol. The van der Waals surface area contributed by atoms with Crippen LogP contribution in [0.5, 0.6) is 0 Å². The Morgan fingerprint density at radius 3 is 2.21 bits per heavy atom. The van der Waals surface area contributed by atoms with Crippen LogP contribution in [-0.2, 0) is 27.2 Å². The van der Waals surface area contributed by atoms with Gasteiger partial charge in [-0.1, -0.05) is 48.5 Å². The van der Waals surface area contributed by atoms with Gasteiger partial charge in [-0.15, -0.1) is 0 Å². The minimum absolute atomic E-state index is 0. The van der Waals surface area contributed by atoms with Crippen LogP contribution >= 0.6 is 0 Å². The van der Waals surface area contributed by atoms with E-state index in [0.29, 0.717) is 0 Å². The van der Waals surface area contributed by atoms with Crippen LogP contribution in [0.2, 0.25) is 0 Å². The molecule has 4 rings (SSSR count). The number of hydrogen-bond donors (Lipinski definition) is 0. The number of aryl methyl sites for hydroxylation is 1. The molecule has 0 spiro atoms. The van der Waals surface area contributed by atoms with Crippen molar-refractivity contribution in [3.63, 3.8) is 0 Å². The van der Waals surface area contributed by atoms with Crippen LogP contribution in [0.15, 0.2) is 72.9 Å². The Hall–Kier alpha value is -2.49. The number of aromatic nitrogens is 4. The molecule has 0 amide bonds. The average molecular weight is 492 g/mol. The van der Waals surface area contributed by atoms with Gasteiger partial charge in [-0.3, -0.25) is 4.98 Å². The Kier molecular flexibility index (Phi) is 4.74. The van der Waals surface area contributed by atoms with E-state index in [0.717, 1.165) is 27.9 Å². The molecular weight excluding hydrogens is 476 g/mol. The average Bonchev–Trinajstić information content (AvgIpc) is 2.62. The summed E-state index contributed by atoms with van der Waals surface area (Å²) in [5, 5.41) is 0. The Balaban J connectivity index is 0.00000169. The van der Waals surface area contributed by atoms with Crippen molar-refractivity contribution < 1.29 is 20.1 Å². The number of para-hydroxylation sites is 4. The van der Waals surface area contributed by atoms with E-state index in [1.807, 2.05) is 53.1 Å². The van der Waals surface area contributed by atoms with E-state index in [4.69, 9.17) is 0 Å².